The lowest BCUT2D eigenvalue weighted by molar-refractivity contribution is 0.123. The lowest BCUT2D eigenvalue weighted by Gasteiger charge is -2.13. The van der Waals surface area contributed by atoms with Crippen molar-refractivity contribution in [2.24, 2.45) is 13.0 Å². The second-order valence-corrected chi connectivity index (χ2v) is 4.12. The molecule has 0 radical (unpaired) electrons. The van der Waals surface area contributed by atoms with Crippen molar-refractivity contribution in [3.63, 3.8) is 0 Å². The van der Waals surface area contributed by atoms with Crippen LogP contribution in [0.4, 0.5) is 0 Å². The SMILES string of the molecule is CCc1cc(CC(O)C(C)C)n(C)n1. The standard InChI is InChI=1S/C11H20N2O/c1-5-9-6-10(13(4)12-9)7-11(14)8(2)3/h6,8,11,14H,5,7H2,1-4H3. The molecule has 1 aromatic rings. The van der Waals surface area contributed by atoms with Gasteiger partial charge in [-0.05, 0) is 18.4 Å². The van der Waals surface area contributed by atoms with E-state index >= 15 is 0 Å². The molecule has 1 unspecified atom stereocenters. The van der Waals surface area contributed by atoms with Crippen molar-refractivity contribution in [1.82, 2.24) is 9.78 Å². The van der Waals surface area contributed by atoms with Gasteiger partial charge in [-0.3, -0.25) is 4.68 Å². The van der Waals surface area contributed by atoms with Crippen molar-refractivity contribution in [1.29, 1.82) is 0 Å². The summed E-state index contributed by atoms with van der Waals surface area (Å²) >= 11 is 0. The monoisotopic (exact) mass is 196 g/mol. The van der Waals surface area contributed by atoms with E-state index < -0.39 is 0 Å². The van der Waals surface area contributed by atoms with Crippen molar-refractivity contribution in [3.05, 3.63) is 17.5 Å². The normalized spacial score (nSPS) is 13.6. The molecule has 1 N–H and O–H groups in total. The van der Waals surface area contributed by atoms with Gasteiger partial charge in [-0.15, -0.1) is 0 Å². The van der Waals surface area contributed by atoms with E-state index in [4.69, 9.17) is 0 Å². The Bertz CT molecular complexity index is 291. The van der Waals surface area contributed by atoms with Crippen LogP contribution in [0.2, 0.25) is 0 Å². The summed E-state index contributed by atoms with van der Waals surface area (Å²) in [6.45, 7) is 6.15. The van der Waals surface area contributed by atoms with Crippen LogP contribution in [0.1, 0.15) is 32.2 Å². The molecule has 0 saturated heterocycles. The molecule has 0 bridgehead atoms. The summed E-state index contributed by atoms with van der Waals surface area (Å²) in [5, 5.41) is 14.1. The van der Waals surface area contributed by atoms with Gasteiger partial charge in [0.15, 0.2) is 0 Å². The molecule has 80 valence electrons. The molecule has 1 aromatic heterocycles. The zero-order chi connectivity index (χ0) is 10.7. The minimum Gasteiger partial charge on any atom is -0.392 e. The number of hydrogen-bond acceptors (Lipinski definition) is 2. The maximum absolute atomic E-state index is 9.75. The van der Waals surface area contributed by atoms with Crippen molar-refractivity contribution in [3.8, 4) is 0 Å². The van der Waals surface area contributed by atoms with Gasteiger partial charge >= 0.3 is 0 Å². The third-order valence-corrected chi connectivity index (χ3v) is 2.58. The molecule has 0 saturated carbocycles. The Morgan fingerprint density at radius 3 is 2.57 bits per heavy atom. The van der Waals surface area contributed by atoms with Crippen LogP contribution in [-0.2, 0) is 19.9 Å². The van der Waals surface area contributed by atoms with E-state index in [1.165, 1.54) is 0 Å². The topological polar surface area (TPSA) is 38.0 Å². The van der Waals surface area contributed by atoms with Gasteiger partial charge in [0.1, 0.15) is 0 Å². The molecule has 0 aliphatic rings. The zero-order valence-electron chi connectivity index (χ0n) is 9.49. The third-order valence-electron chi connectivity index (χ3n) is 2.58. The van der Waals surface area contributed by atoms with Crippen LogP contribution in [0.3, 0.4) is 0 Å². The van der Waals surface area contributed by atoms with Crippen LogP contribution in [-0.4, -0.2) is 21.0 Å². The van der Waals surface area contributed by atoms with Crippen LogP contribution in [0.5, 0.6) is 0 Å². The summed E-state index contributed by atoms with van der Waals surface area (Å²) in [4.78, 5) is 0. The molecule has 3 heteroatoms. The van der Waals surface area contributed by atoms with Gasteiger partial charge < -0.3 is 5.11 Å². The van der Waals surface area contributed by atoms with Crippen LogP contribution in [0, 0.1) is 5.92 Å². The first kappa shape index (κ1) is 11.2. The van der Waals surface area contributed by atoms with E-state index in [1.807, 2.05) is 25.6 Å². The van der Waals surface area contributed by atoms with Crippen molar-refractivity contribution >= 4 is 0 Å². The predicted molar refractivity (Wildman–Crippen MR) is 57.1 cm³/mol. The van der Waals surface area contributed by atoms with Gasteiger partial charge in [-0.1, -0.05) is 20.8 Å². The number of rotatable bonds is 4. The molecule has 0 spiro atoms. The molecule has 0 aromatic carbocycles. The summed E-state index contributed by atoms with van der Waals surface area (Å²) in [5.74, 6) is 0.301. The van der Waals surface area contributed by atoms with Crippen molar-refractivity contribution in [2.45, 2.75) is 39.7 Å². The molecule has 0 amide bonds. The average molecular weight is 196 g/mol. The average Bonchev–Trinajstić information content (AvgIpc) is 2.47. The lowest BCUT2D eigenvalue weighted by Crippen LogP contribution is -2.19. The van der Waals surface area contributed by atoms with E-state index in [9.17, 15) is 5.11 Å². The Morgan fingerprint density at radius 2 is 2.14 bits per heavy atom. The number of aliphatic hydroxyl groups is 1. The molecule has 0 aliphatic heterocycles. The Hall–Kier alpha value is -0.830. The van der Waals surface area contributed by atoms with Gasteiger partial charge in [-0.2, -0.15) is 5.10 Å². The van der Waals surface area contributed by atoms with Gasteiger partial charge in [0.05, 0.1) is 11.8 Å². The van der Waals surface area contributed by atoms with Gasteiger partial charge in [0.25, 0.3) is 0 Å². The Balaban J connectivity index is 2.71. The maximum atomic E-state index is 9.75. The van der Waals surface area contributed by atoms with Crippen LogP contribution < -0.4 is 0 Å². The van der Waals surface area contributed by atoms with Crippen molar-refractivity contribution in [2.75, 3.05) is 0 Å². The highest BCUT2D eigenvalue weighted by molar-refractivity contribution is 5.11. The second-order valence-electron chi connectivity index (χ2n) is 4.12. The smallest absolute Gasteiger partial charge is 0.0624 e. The predicted octanol–water partition coefficient (Wildman–Crippen LogP) is 1.54. The minimum absolute atomic E-state index is 0.268. The number of aromatic nitrogens is 2. The fourth-order valence-corrected chi connectivity index (χ4v) is 1.39. The zero-order valence-corrected chi connectivity index (χ0v) is 9.49. The molecule has 1 heterocycles. The molecule has 1 atom stereocenters. The summed E-state index contributed by atoms with van der Waals surface area (Å²) in [7, 11) is 1.93. The first-order valence-electron chi connectivity index (χ1n) is 5.24. The summed E-state index contributed by atoms with van der Waals surface area (Å²) in [5.41, 5.74) is 2.21. The largest absolute Gasteiger partial charge is 0.392 e. The van der Waals surface area contributed by atoms with E-state index in [0.717, 1.165) is 17.8 Å². The molecular weight excluding hydrogens is 176 g/mol. The Kier molecular flexibility index (Phi) is 3.69. The van der Waals surface area contributed by atoms with E-state index in [2.05, 4.69) is 18.1 Å². The lowest BCUT2D eigenvalue weighted by atomic mass is 10.0. The molecule has 3 nitrogen and oxygen atoms in total. The van der Waals surface area contributed by atoms with E-state index in [1.54, 1.807) is 0 Å². The van der Waals surface area contributed by atoms with Crippen molar-refractivity contribution < 1.29 is 5.11 Å². The first-order chi connectivity index (χ1) is 6.54. The summed E-state index contributed by atoms with van der Waals surface area (Å²) in [6.07, 6.45) is 1.38. The van der Waals surface area contributed by atoms with Crippen LogP contribution in [0.15, 0.2) is 6.07 Å². The highest BCUT2D eigenvalue weighted by atomic mass is 16.3. The first-order valence-corrected chi connectivity index (χ1v) is 5.24. The Morgan fingerprint density at radius 1 is 1.50 bits per heavy atom. The Labute approximate surface area is 85.8 Å². The highest BCUT2D eigenvalue weighted by Gasteiger charge is 2.13. The summed E-state index contributed by atoms with van der Waals surface area (Å²) < 4.78 is 1.87. The number of aliphatic hydroxyl groups excluding tert-OH is 1. The van der Waals surface area contributed by atoms with E-state index in [0.29, 0.717) is 12.3 Å². The summed E-state index contributed by atoms with van der Waals surface area (Å²) in [6, 6.07) is 2.08. The fraction of sp³-hybridized carbons (Fsp3) is 0.727. The number of hydrogen-bond donors (Lipinski definition) is 1. The quantitative estimate of drug-likeness (QED) is 0.793. The number of aryl methyl sites for hydroxylation is 2. The molecular formula is C11H20N2O. The minimum atomic E-state index is -0.268. The van der Waals surface area contributed by atoms with Crippen LogP contribution in [0.25, 0.3) is 0 Å². The van der Waals surface area contributed by atoms with Gasteiger partial charge in [-0.25, -0.2) is 0 Å². The maximum Gasteiger partial charge on any atom is 0.0624 e. The van der Waals surface area contributed by atoms with Gasteiger partial charge in [0, 0.05) is 19.2 Å². The third kappa shape index (κ3) is 2.58. The van der Waals surface area contributed by atoms with Gasteiger partial charge in [0.2, 0.25) is 0 Å². The van der Waals surface area contributed by atoms with E-state index in [-0.39, 0.29) is 6.10 Å². The molecule has 0 aliphatic carbocycles. The molecule has 14 heavy (non-hydrogen) atoms. The van der Waals surface area contributed by atoms with Crippen LogP contribution >= 0.6 is 0 Å². The highest BCUT2D eigenvalue weighted by Crippen LogP contribution is 2.11. The fourth-order valence-electron chi connectivity index (χ4n) is 1.39. The second kappa shape index (κ2) is 4.60. The molecule has 0 fully saturated rings. The molecule has 1 rings (SSSR count). The number of nitrogens with zero attached hydrogens (tertiary/aromatic N) is 2.